The molecule has 0 radical (unpaired) electrons. The van der Waals surface area contributed by atoms with Crippen molar-refractivity contribution in [1.82, 2.24) is 10.3 Å². The molecule has 1 aromatic heterocycles. The van der Waals surface area contributed by atoms with E-state index in [2.05, 4.69) is 10.6 Å². The van der Waals surface area contributed by atoms with Gasteiger partial charge in [0, 0.05) is 30.5 Å². The van der Waals surface area contributed by atoms with E-state index in [1.54, 1.807) is 19.2 Å². The number of nitriles is 1. The fourth-order valence-electron chi connectivity index (χ4n) is 3.46. The highest BCUT2D eigenvalue weighted by atomic mass is 19.1. The van der Waals surface area contributed by atoms with Crippen molar-refractivity contribution in [3.8, 4) is 6.07 Å². The normalized spacial score (nSPS) is 15.2. The van der Waals surface area contributed by atoms with Gasteiger partial charge in [-0.2, -0.15) is 5.26 Å². The predicted molar refractivity (Wildman–Crippen MR) is 96.6 cm³/mol. The molecule has 1 atom stereocenters. The SMILES string of the molecule is CNC(=O)c1cccc2nc(C3CNc4c(C#N)cc(F)cc43)ccc12. The second-order valence-corrected chi connectivity index (χ2v) is 6.15. The van der Waals surface area contributed by atoms with Crippen LogP contribution in [0.15, 0.2) is 42.5 Å². The van der Waals surface area contributed by atoms with Gasteiger partial charge in [-0.1, -0.05) is 12.1 Å². The lowest BCUT2D eigenvalue weighted by Gasteiger charge is -2.12. The maximum Gasteiger partial charge on any atom is 0.251 e. The number of nitrogens with zero attached hydrogens (tertiary/aromatic N) is 2. The number of fused-ring (bicyclic) bond motifs is 2. The summed E-state index contributed by atoms with van der Waals surface area (Å²) in [5, 5.41) is 15.8. The van der Waals surface area contributed by atoms with Crippen LogP contribution in [-0.2, 0) is 0 Å². The third-order valence-electron chi connectivity index (χ3n) is 4.69. The van der Waals surface area contributed by atoms with Crippen molar-refractivity contribution in [2.24, 2.45) is 0 Å². The molecule has 0 spiro atoms. The number of nitrogens with one attached hydrogen (secondary N) is 2. The molecule has 0 saturated heterocycles. The highest BCUT2D eigenvalue weighted by Crippen LogP contribution is 2.38. The lowest BCUT2D eigenvalue weighted by molar-refractivity contribution is 0.0964. The van der Waals surface area contributed by atoms with Gasteiger partial charge in [-0.05, 0) is 35.9 Å². The first-order valence-corrected chi connectivity index (χ1v) is 8.21. The molecule has 3 aromatic rings. The van der Waals surface area contributed by atoms with Gasteiger partial charge in [0.2, 0.25) is 0 Å². The molecular weight excluding hydrogens is 331 g/mol. The summed E-state index contributed by atoms with van der Waals surface area (Å²) in [6.45, 7) is 0.543. The van der Waals surface area contributed by atoms with E-state index >= 15 is 0 Å². The van der Waals surface area contributed by atoms with Crippen molar-refractivity contribution in [1.29, 1.82) is 5.26 Å². The van der Waals surface area contributed by atoms with E-state index in [-0.39, 0.29) is 11.8 Å². The van der Waals surface area contributed by atoms with Crippen LogP contribution in [0.4, 0.5) is 10.1 Å². The van der Waals surface area contributed by atoms with Crippen LogP contribution in [0.25, 0.3) is 10.9 Å². The van der Waals surface area contributed by atoms with Crippen LogP contribution in [0.1, 0.15) is 33.1 Å². The van der Waals surface area contributed by atoms with E-state index in [0.717, 1.165) is 16.6 Å². The Morgan fingerprint density at radius 3 is 2.96 bits per heavy atom. The maximum atomic E-state index is 13.9. The molecule has 128 valence electrons. The zero-order valence-electron chi connectivity index (χ0n) is 14.0. The van der Waals surface area contributed by atoms with Gasteiger partial charge in [0.15, 0.2) is 0 Å². The molecule has 0 saturated carbocycles. The van der Waals surface area contributed by atoms with Crippen LogP contribution in [0.5, 0.6) is 0 Å². The van der Waals surface area contributed by atoms with Crippen LogP contribution in [0.3, 0.4) is 0 Å². The van der Waals surface area contributed by atoms with Crippen molar-refractivity contribution in [2.75, 3.05) is 18.9 Å². The molecule has 2 aromatic carbocycles. The van der Waals surface area contributed by atoms with E-state index in [0.29, 0.717) is 28.9 Å². The van der Waals surface area contributed by atoms with Gasteiger partial charge in [0.05, 0.1) is 22.5 Å². The largest absolute Gasteiger partial charge is 0.383 e. The van der Waals surface area contributed by atoms with E-state index < -0.39 is 5.82 Å². The van der Waals surface area contributed by atoms with E-state index in [4.69, 9.17) is 4.98 Å². The topological polar surface area (TPSA) is 77.8 Å². The third kappa shape index (κ3) is 2.45. The Labute approximate surface area is 149 Å². The number of amides is 1. The minimum absolute atomic E-state index is 0.152. The number of hydrogen-bond donors (Lipinski definition) is 2. The molecular formula is C20H15FN4O. The highest BCUT2D eigenvalue weighted by Gasteiger charge is 2.28. The summed E-state index contributed by atoms with van der Waals surface area (Å²) in [4.78, 5) is 16.7. The quantitative estimate of drug-likeness (QED) is 0.747. The van der Waals surface area contributed by atoms with Gasteiger partial charge >= 0.3 is 0 Å². The van der Waals surface area contributed by atoms with Crippen LogP contribution in [0.2, 0.25) is 0 Å². The number of halogens is 1. The van der Waals surface area contributed by atoms with Crippen LogP contribution < -0.4 is 10.6 Å². The minimum atomic E-state index is -0.434. The molecule has 2 heterocycles. The number of anilines is 1. The number of carbonyl (C=O) groups is 1. The number of benzene rings is 2. The first-order valence-electron chi connectivity index (χ1n) is 8.21. The zero-order chi connectivity index (χ0) is 18.3. The summed E-state index contributed by atoms with van der Waals surface area (Å²) in [7, 11) is 1.59. The van der Waals surface area contributed by atoms with Gasteiger partial charge in [0.25, 0.3) is 5.91 Å². The van der Waals surface area contributed by atoms with Crippen LogP contribution in [-0.4, -0.2) is 24.5 Å². The molecule has 1 amide bonds. The second-order valence-electron chi connectivity index (χ2n) is 6.15. The molecule has 2 N–H and O–H groups in total. The molecule has 0 fully saturated rings. The fraction of sp³-hybridized carbons (Fsp3) is 0.150. The smallest absolute Gasteiger partial charge is 0.251 e. The summed E-state index contributed by atoms with van der Waals surface area (Å²) < 4.78 is 13.9. The fourth-order valence-corrected chi connectivity index (χ4v) is 3.46. The second kappa shape index (κ2) is 6.12. The third-order valence-corrected chi connectivity index (χ3v) is 4.69. The van der Waals surface area contributed by atoms with E-state index in [1.165, 1.54) is 12.1 Å². The zero-order valence-corrected chi connectivity index (χ0v) is 14.0. The van der Waals surface area contributed by atoms with Crippen molar-refractivity contribution in [3.05, 3.63) is 70.7 Å². The number of carbonyl (C=O) groups excluding carboxylic acids is 1. The first-order chi connectivity index (χ1) is 12.6. The van der Waals surface area contributed by atoms with Gasteiger partial charge in [-0.25, -0.2) is 4.39 Å². The van der Waals surface area contributed by atoms with Crippen molar-refractivity contribution >= 4 is 22.5 Å². The van der Waals surface area contributed by atoms with E-state index in [1.807, 2.05) is 24.3 Å². The van der Waals surface area contributed by atoms with Crippen LogP contribution in [0, 0.1) is 17.1 Å². The maximum absolute atomic E-state index is 13.9. The Balaban J connectivity index is 1.82. The Hall–Kier alpha value is -3.46. The predicted octanol–water partition coefficient (Wildman–Crippen LogP) is 3.16. The average Bonchev–Trinajstić information content (AvgIpc) is 3.09. The lowest BCUT2D eigenvalue weighted by atomic mass is 9.94. The monoisotopic (exact) mass is 346 g/mol. The molecule has 6 heteroatoms. The van der Waals surface area contributed by atoms with Crippen LogP contribution >= 0.6 is 0 Å². The minimum Gasteiger partial charge on any atom is -0.383 e. The van der Waals surface area contributed by atoms with Gasteiger partial charge in [0.1, 0.15) is 11.9 Å². The highest BCUT2D eigenvalue weighted by molar-refractivity contribution is 6.06. The summed E-state index contributed by atoms with van der Waals surface area (Å²) in [6.07, 6.45) is 0. The first kappa shape index (κ1) is 16.0. The molecule has 26 heavy (non-hydrogen) atoms. The number of hydrogen-bond acceptors (Lipinski definition) is 4. The number of rotatable bonds is 2. The van der Waals surface area contributed by atoms with Gasteiger partial charge in [-0.3, -0.25) is 9.78 Å². The standard InChI is InChI=1S/C20H15FN4O/c1-23-20(26)14-3-2-4-17-13(14)5-6-18(25-17)16-10-24-19-11(9-22)7-12(21)8-15(16)19/h2-8,16,24H,10H2,1H3,(H,23,26). The summed E-state index contributed by atoms with van der Waals surface area (Å²) in [5.74, 6) is -0.753. The van der Waals surface area contributed by atoms with Crippen molar-refractivity contribution in [3.63, 3.8) is 0 Å². The molecule has 1 aliphatic rings. The average molecular weight is 346 g/mol. The van der Waals surface area contributed by atoms with Crippen molar-refractivity contribution in [2.45, 2.75) is 5.92 Å². The Bertz CT molecular complexity index is 1090. The molecule has 0 bridgehead atoms. The summed E-state index contributed by atoms with van der Waals surface area (Å²) in [6, 6.07) is 13.8. The Morgan fingerprint density at radius 1 is 1.35 bits per heavy atom. The molecule has 5 nitrogen and oxygen atoms in total. The van der Waals surface area contributed by atoms with Gasteiger partial charge in [-0.15, -0.1) is 0 Å². The van der Waals surface area contributed by atoms with Gasteiger partial charge < -0.3 is 10.6 Å². The summed E-state index contributed by atoms with van der Waals surface area (Å²) in [5.41, 5.74) is 3.73. The lowest BCUT2D eigenvalue weighted by Crippen LogP contribution is -2.18. The molecule has 4 rings (SSSR count). The Morgan fingerprint density at radius 2 is 2.19 bits per heavy atom. The molecule has 1 unspecified atom stereocenters. The van der Waals surface area contributed by atoms with E-state index in [9.17, 15) is 14.4 Å². The van der Waals surface area contributed by atoms with Crippen molar-refractivity contribution < 1.29 is 9.18 Å². The molecule has 1 aliphatic heterocycles. The number of aromatic nitrogens is 1. The summed E-state index contributed by atoms with van der Waals surface area (Å²) >= 11 is 0. The molecule has 0 aliphatic carbocycles. The number of pyridine rings is 1. The Kier molecular flexibility index (Phi) is 3.77.